The monoisotopic (exact) mass is 216 g/mol. The second kappa shape index (κ2) is 4.72. The minimum Gasteiger partial charge on any atom is -0.490 e. The Balaban J connectivity index is 2.62. The van der Waals surface area contributed by atoms with Gasteiger partial charge in [-0.2, -0.15) is 0 Å². The molecule has 0 aliphatic rings. The number of hydrogen-bond donors (Lipinski definition) is 1. The molecule has 0 bridgehead atoms. The standard InChI is InChI=1S/C10H10F2O3/c1-6(10(13)14)5-15-9-3-2-7(11)4-8(9)12/h2-4,6H,5H2,1H3,(H,13,14). The molecule has 0 saturated carbocycles. The number of halogens is 2. The van der Waals surface area contributed by atoms with E-state index in [9.17, 15) is 13.6 Å². The second-order valence-electron chi connectivity index (χ2n) is 3.13. The molecule has 0 heterocycles. The summed E-state index contributed by atoms with van der Waals surface area (Å²) in [5.41, 5.74) is 0. The fourth-order valence-corrected chi connectivity index (χ4v) is 0.878. The van der Waals surface area contributed by atoms with Crippen molar-refractivity contribution in [1.82, 2.24) is 0 Å². The molecule has 82 valence electrons. The highest BCUT2D eigenvalue weighted by Crippen LogP contribution is 2.18. The van der Waals surface area contributed by atoms with Crippen LogP contribution in [0.5, 0.6) is 5.75 Å². The molecule has 1 atom stereocenters. The molecule has 0 radical (unpaired) electrons. The number of ether oxygens (including phenoxy) is 1. The Bertz CT molecular complexity index is 366. The van der Waals surface area contributed by atoms with E-state index < -0.39 is 23.5 Å². The Labute approximate surface area is 85.3 Å². The third kappa shape index (κ3) is 3.19. The molecule has 0 aromatic heterocycles. The SMILES string of the molecule is CC(COc1ccc(F)cc1F)C(=O)O. The summed E-state index contributed by atoms with van der Waals surface area (Å²) in [5.74, 6) is -3.46. The van der Waals surface area contributed by atoms with Gasteiger partial charge in [0.25, 0.3) is 0 Å². The maximum Gasteiger partial charge on any atom is 0.309 e. The van der Waals surface area contributed by atoms with Gasteiger partial charge < -0.3 is 9.84 Å². The zero-order valence-corrected chi connectivity index (χ0v) is 8.04. The van der Waals surface area contributed by atoms with Crippen molar-refractivity contribution in [2.24, 2.45) is 5.92 Å². The van der Waals surface area contributed by atoms with E-state index >= 15 is 0 Å². The van der Waals surface area contributed by atoms with E-state index in [0.717, 1.165) is 12.1 Å². The molecule has 0 saturated heterocycles. The van der Waals surface area contributed by atoms with Gasteiger partial charge in [-0.1, -0.05) is 0 Å². The Morgan fingerprint density at radius 3 is 2.73 bits per heavy atom. The molecule has 5 heteroatoms. The third-order valence-corrected chi connectivity index (χ3v) is 1.80. The predicted octanol–water partition coefficient (Wildman–Crippen LogP) is 2.06. The lowest BCUT2D eigenvalue weighted by Gasteiger charge is -2.09. The number of carboxylic acid groups (broad SMARTS) is 1. The normalized spacial score (nSPS) is 12.2. The van der Waals surface area contributed by atoms with Gasteiger partial charge in [-0.05, 0) is 19.1 Å². The van der Waals surface area contributed by atoms with Gasteiger partial charge in [-0.15, -0.1) is 0 Å². The molecule has 3 nitrogen and oxygen atoms in total. The summed E-state index contributed by atoms with van der Waals surface area (Å²) in [5, 5.41) is 8.54. The van der Waals surface area contributed by atoms with Crippen molar-refractivity contribution >= 4 is 5.97 Å². The van der Waals surface area contributed by atoms with Crippen molar-refractivity contribution in [2.45, 2.75) is 6.92 Å². The van der Waals surface area contributed by atoms with Crippen LogP contribution in [0.4, 0.5) is 8.78 Å². The van der Waals surface area contributed by atoms with Crippen molar-refractivity contribution in [3.05, 3.63) is 29.8 Å². The van der Waals surface area contributed by atoms with Crippen LogP contribution >= 0.6 is 0 Å². The maximum atomic E-state index is 13.0. The molecular weight excluding hydrogens is 206 g/mol. The molecule has 0 aliphatic heterocycles. The topological polar surface area (TPSA) is 46.5 Å². The van der Waals surface area contributed by atoms with Gasteiger partial charge in [0.15, 0.2) is 11.6 Å². The van der Waals surface area contributed by atoms with Crippen molar-refractivity contribution < 1.29 is 23.4 Å². The molecule has 0 amide bonds. The number of carboxylic acids is 1. The molecule has 0 fully saturated rings. The Morgan fingerprint density at radius 1 is 1.53 bits per heavy atom. The van der Waals surface area contributed by atoms with E-state index in [-0.39, 0.29) is 12.4 Å². The van der Waals surface area contributed by atoms with E-state index in [4.69, 9.17) is 9.84 Å². The first-order valence-corrected chi connectivity index (χ1v) is 4.31. The maximum absolute atomic E-state index is 13.0. The number of carbonyl (C=O) groups is 1. The molecular formula is C10H10F2O3. The summed E-state index contributed by atoms with van der Waals surface area (Å²) in [6, 6.07) is 2.85. The fourth-order valence-electron chi connectivity index (χ4n) is 0.878. The highest BCUT2D eigenvalue weighted by Gasteiger charge is 2.13. The molecule has 15 heavy (non-hydrogen) atoms. The van der Waals surface area contributed by atoms with E-state index in [0.29, 0.717) is 6.07 Å². The van der Waals surface area contributed by atoms with Crippen LogP contribution in [0.2, 0.25) is 0 Å². The van der Waals surface area contributed by atoms with Crippen LogP contribution in [0, 0.1) is 17.6 Å². The number of rotatable bonds is 4. The van der Waals surface area contributed by atoms with Gasteiger partial charge in [-0.3, -0.25) is 4.79 Å². The van der Waals surface area contributed by atoms with Crippen molar-refractivity contribution in [1.29, 1.82) is 0 Å². The molecule has 1 aromatic rings. The van der Waals surface area contributed by atoms with Crippen molar-refractivity contribution in [2.75, 3.05) is 6.61 Å². The van der Waals surface area contributed by atoms with E-state index in [1.165, 1.54) is 6.92 Å². The summed E-state index contributed by atoms with van der Waals surface area (Å²) < 4.78 is 30.4. The minimum atomic E-state index is -1.03. The van der Waals surface area contributed by atoms with Crippen LogP contribution in [0.3, 0.4) is 0 Å². The molecule has 1 rings (SSSR count). The van der Waals surface area contributed by atoms with Crippen LogP contribution in [0.15, 0.2) is 18.2 Å². The largest absolute Gasteiger partial charge is 0.490 e. The second-order valence-corrected chi connectivity index (χ2v) is 3.13. The molecule has 1 unspecified atom stereocenters. The smallest absolute Gasteiger partial charge is 0.309 e. The number of hydrogen-bond acceptors (Lipinski definition) is 2. The van der Waals surface area contributed by atoms with Gasteiger partial charge in [0, 0.05) is 6.07 Å². The fraction of sp³-hybridized carbons (Fsp3) is 0.300. The molecule has 0 aliphatic carbocycles. The quantitative estimate of drug-likeness (QED) is 0.837. The van der Waals surface area contributed by atoms with Crippen LogP contribution < -0.4 is 4.74 Å². The highest BCUT2D eigenvalue weighted by atomic mass is 19.1. The first-order chi connectivity index (χ1) is 7.00. The lowest BCUT2D eigenvalue weighted by molar-refractivity contribution is -0.142. The third-order valence-electron chi connectivity index (χ3n) is 1.80. The van der Waals surface area contributed by atoms with Gasteiger partial charge in [-0.25, -0.2) is 8.78 Å². The lowest BCUT2D eigenvalue weighted by Crippen LogP contribution is -2.18. The summed E-state index contributed by atoms with van der Waals surface area (Å²) >= 11 is 0. The first-order valence-electron chi connectivity index (χ1n) is 4.31. The van der Waals surface area contributed by atoms with Crippen LogP contribution in [0.25, 0.3) is 0 Å². The van der Waals surface area contributed by atoms with Gasteiger partial charge in [0.1, 0.15) is 12.4 Å². The average molecular weight is 216 g/mol. The Kier molecular flexibility index (Phi) is 3.60. The van der Waals surface area contributed by atoms with Gasteiger partial charge in [0.2, 0.25) is 0 Å². The minimum absolute atomic E-state index is 0.149. The lowest BCUT2D eigenvalue weighted by atomic mass is 10.2. The van der Waals surface area contributed by atoms with Crippen LogP contribution in [-0.4, -0.2) is 17.7 Å². The van der Waals surface area contributed by atoms with Crippen molar-refractivity contribution in [3.63, 3.8) is 0 Å². The molecule has 0 spiro atoms. The zero-order valence-electron chi connectivity index (χ0n) is 8.04. The molecule has 1 N–H and O–H groups in total. The molecule has 1 aromatic carbocycles. The number of benzene rings is 1. The van der Waals surface area contributed by atoms with Crippen LogP contribution in [-0.2, 0) is 4.79 Å². The van der Waals surface area contributed by atoms with Gasteiger partial charge in [0.05, 0.1) is 5.92 Å². The number of aliphatic carboxylic acids is 1. The highest BCUT2D eigenvalue weighted by molar-refractivity contribution is 5.69. The summed E-state index contributed by atoms with van der Waals surface area (Å²) in [4.78, 5) is 10.4. The average Bonchev–Trinajstić information content (AvgIpc) is 2.15. The van der Waals surface area contributed by atoms with E-state index in [1.807, 2.05) is 0 Å². The summed E-state index contributed by atoms with van der Waals surface area (Å²) in [6.07, 6.45) is 0. The van der Waals surface area contributed by atoms with E-state index in [2.05, 4.69) is 0 Å². The Morgan fingerprint density at radius 2 is 2.20 bits per heavy atom. The summed E-state index contributed by atoms with van der Waals surface area (Å²) in [6.45, 7) is 1.28. The van der Waals surface area contributed by atoms with E-state index in [1.54, 1.807) is 0 Å². The van der Waals surface area contributed by atoms with Gasteiger partial charge >= 0.3 is 5.97 Å². The Hall–Kier alpha value is -1.65. The predicted molar refractivity (Wildman–Crippen MR) is 48.7 cm³/mol. The first kappa shape index (κ1) is 11.4. The van der Waals surface area contributed by atoms with Crippen molar-refractivity contribution in [3.8, 4) is 5.75 Å². The zero-order chi connectivity index (χ0) is 11.4. The summed E-state index contributed by atoms with van der Waals surface area (Å²) in [7, 11) is 0. The van der Waals surface area contributed by atoms with Crippen LogP contribution in [0.1, 0.15) is 6.92 Å².